The van der Waals surface area contributed by atoms with Crippen molar-refractivity contribution in [3.8, 4) is 0 Å². The molecule has 1 aromatic rings. The van der Waals surface area contributed by atoms with E-state index in [0.29, 0.717) is 24.5 Å². The van der Waals surface area contributed by atoms with Gasteiger partial charge < -0.3 is 10.4 Å². The van der Waals surface area contributed by atoms with Crippen LogP contribution < -0.4 is 5.32 Å². The van der Waals surface area contributed by atoms with Crippen LogP contribution in [0.25, 0.3) is 0 Å². The van der Waals surface area contributed by atoms with Crippen LogP contribution in [0, 0.1) is 11.8 Å². The smallest absolute Gasteiger partial charge is 0.0462 e. The van der Waals surface area contributed by atoms with Crippen LogP contribution in [0.1, 0.15) is 62.1 Å². The van der Waals surface area contributed by atoms with Gasteiger partial charge in [-0.05, 0) is 61.6 Å². The van der Waals surface area contributed by atoms with Gasteiger partial charge in [0.1, 0.15) is 0 Å². The molecule has 0 aliphatic heterocycles. The molecule has 2 aliphatic rings. The zero-order valence-corrected chi connectivity index (χ0v) is 13.1. The molecule has 0 saturated heterocycles. The SMILES string of the molecule is OCC1CCCCC1CNC1CCCCc2ccccc21. The molecule has 21 heavy (non-hydrogen) atoms. The summed E-state index contributed by atoms with van der Waals surface area (Å²) in [5.74, 6) is 1.19. The Morgan fingerprint density at radius 1 is 0.952 bits per heavy atom. The third kappa shape index (κ3) is 3.67. The van der Waals surface area contributed by atoms with E-state index in [1.54, 1.807) is 0 Å². The first-order valence-corrected chi connectivity index (χ1v) is 8.80. The van der Waals surface area contributed by atoms with Crippen molar-refractivity contribution in [1.29, 1.82) is 0 Å². The molecule has 3 atom stereocenters. The minimum atomic E-state index is 0.369. The number of fused-ring (bicyclic) bond motifs is 1. The number of aliphatic hydroxyl groups excluding tert-OH is 1. The van der Waals surface area contributed by atoms with Gasteiger partial charge in [-0.1, -0.05) is 43.5 Å². The Balaban J connectivity index is 1.64. The van der Waals surface area contributed by atoms with Gasteiger partial charge >= 0.3 is 0 Å². The standard InChI is InChI=1S/C19H29NO/c21-14-17-10-2-1-9-16(17)13-20-19-12-6-4-8-15-7-3-5-11-18(15)19/h3,5,7,11,16-17,19-21H,1-2,4,6,8-10,12-14H2. The fourth-order valence-electron chi connectivity index (χ4n) is 4.22. The Hall–Kier alpha value is -0.860. The largest absolute Gasteiger partial charge is 0.396 e. The van der Waals surface area contributed by atoms with E-state index in [1.807, 2.05) is 0 Å². The van der Waals surface area contributed by atoms with Crippen molar-refractivity contribution >= 4 is 0 Å². The molecule has 0 bridgehead atoms. The van der Waals surface area contributed by atoms with E-state index in [1.165, 1.54) is 62.5 Å². The van der Waals surface area contributed by atoms with Crippen molar-refractivity contribution in [2.45, 2.75) is 57.4 Å². The van der Waals surface area contributed by atoms with Gasteiger partial charge in [-0.3, -0.25) is 0 Å². The fourth-order valence-corrected chi connectivity index (χ4v) is 4.22. The fraction of sp³-hybridized carbons (Fsp3) is 0.684. The molecular formula is C19H29NO. The van der Waals surface area contributed by atoms with Crippen LogP contribution in [0.3, 0.4) is 0 Å². The summed E-state index contributed by atoms with van der Waals surface area (Å²) in [6.07, 6.45) is 10.3. The minimum absolute atomic E-state index is 0.369. The Bertz CT molecular complexity index is 445. The monoisotopic (exact) mass is 287 g/mol. The number of benzene rings is 1. The molecule has 3 unspecified atom stereocenters. The molecule has 3 rings (SSSR count). The summed E-state index contributed by atoms with van der Waals surface area (Å²) >= 11 is 0. The van der Waals surface area contributed by atoms with E-state index in [4.69, 9.17) is 0 Å². The topological polar surface area (TPSA) is 32.3 Å². The summed E-state index contributed by atoms with van der Waals surface area (Å²) in [4.78, 5) is 0. The highest BCUT2D eigenvalue weighted by atomic mass is 16.3. The van der Waals surface area contributed by atoms with Crippen LogP contribution in [-0.2, 0) is 6.42 Å². The summed E-state index contributed by atoms with van der Waals surface area (Å²) < 4.78 is 0. The number of hydrogen-bond acceptors (Lipinski definition) is 2. The van der Waals surface area contributed by atoms with E-state index in [0.717, 1.165) is 6.54 Å². The lowest BCUT2D eigenvalue weighted by Gasteiger charge is -2.32. The third-order valence-corrected chi connectivity index (χ3v) is 5.55. The van der Waals surface area contributed by atoms with Crippen molar-refractivity contribution in [3.05, 3.63) is 35.4 Å². The predicted octanol–water partition coefficient (Wildman–Crippen LogP) is 3.84. The zero-order chi connectivity index (χ0) is 14.5. The van der Waals surface area contributed by atoms with E-state index in [9.17, 15) is 5.11 Å². The van der Waals surface area contributed by atoms with Crippen LogP contribution in [0.4, 0.5) is 0 Å². The third-order valence-electron chi connectivity index (χ3n) is 5.55. The van der Waals surface area contributed by atoms with Crippen LogP contribution in [0.15, 0.2) is 24.3 Å². The second kappa shape index (κ2) is 7.42. The van der Waals surface area contributed by atoms with Crippen molar-refractivity contribution < 1.29 is 5.11 Å². The highest BCUT2D eigenvalue weighted by Gasteiger charge is 2.26. The Kier molecular flexibility index (Phi) is 5.32. The number of aliphatic hydroxyl groups is 1. The van der Waals surface area contributed by atoms with E-state index >= 15 is 0 Å². The van der Waals surface area contributed by atoms with Gasteiger partial charge in [0, 0.05) is 12.6 Å². The highest BCUT2D eigenvalue weighted by molar-refractivity contribution is 5.31. The molecule has 0 heterocycles. The molecule has 0 spiro atoms. The average Bonchev–Trinajstić information content (AvgIpc) is 2.75. The first kappa shape index (κ1) is 15.1. The van der Waals surface area contributed by atoms with Crippen molar-refractivity contribution in [2.75, 3.05) is 13.2 Å². The summed E-state index contributed by atoms with van der Waals surface area (Å²) in [5, 5.41) is 13.4. The normalized spacial score (nSPS) is 29.7. The second-order valence-electron chi connectivity index (χ2n) is 6.89. The molecule has 1 aromatic carbocycles. The molecule has 2 heteroatoms. The van der Waals surface area contributed by atoms with Crippen LogP contribution >= 0.6 is 0 Å². The van der Waals surface area contributed by atoms with E-state index in [-0.39, 0.29) is 0 Å². The first-order chi connectivity index (χ1) is 10.4. The van der Waals surface area contributed by atoms with Crippen molar-refractivity contribution in [2.24, 2.45) is 11.8 Å². The lowest BCUT2D eigenvalue weighted by molar-refractivity contribution is 0.130. The maximum absolute atomic E-state index is 9.57. The Labute approximate surface area is 129 Å². The van der Waals surface area contributed by atoms with Crippen LogP contribution in [0.5, 0.6) is 0 Å². The number of aryl methyl sites for hydroxylation is 1. The van der Waals surface area contributed by atoms with Crippen LogP contribution in [0.2, 0.25) is 0 Å². The molecule has 1 fully saturated rings. The number of rotatable bonds is 4. The molecule has 2 aliphatic carbocycles. The molecule has 2 nitrogen and oxygen atoms in total. The molecule has 1 saturated carbocycles. The van der Waals surface area contributed by atoms with Gasteiger partial charge in [0.25, 0.3) is 0 Å². The quantitative estimate of drug-likeness (QED) is 0.825. The first-order valence-electron chi connectivity index (χ1n) is 8.80. The van der Waals surface area contributed by atoms with Crippen molar-refractivity contribution in [3.63, 3.8) is 0 Å². The van der Waals surface area contributed by atoms with Gasteiger partial charge in [-0.2, -0.15) is 0 Å². The van der Waals surface area contributed by atoms with Crippen LogP contribution in [-0.4, -0.2) is 18.3 Å². The van der Waals surface area contributed by atoms with Crippen molar-refractivity contribution in [1.82, 2.24) is 5.32 Å². The minimum Gasteiger partial charge on any atom is -0.396 e. The summed E-state index contributed by atoms with van der Waals surface area (Å²) in [6, 6.07) is 9.47. The Morgan fingerprint density at radius 2 is 1.71 bits per heavy atom. The highest BCUT2D eigenvalue weighted by Crippen LogP contribution is 2.32. The number of hydrogen-bond donors (Lipinski definition) is 2. The molecule has 116 valence electrons. The second-order valence-corrected chi connectivity index (χ2v) is 6.89. The van der Waals surface area contributed by atoms with Gasteiger partial charge in [-0.25, -0.2) is 0 Å². The molecule has 0 radical (unpaired) electrons. The summed E-state index contributed by atoms with van der Waals surface area (Å²) in [7, 11) is 0. The maximum Gasteiger partial charge on any atom is 0.0462 e. The lowest BCUT2D eigenvalue weighted by atomic mass is 9.79. The number of nitrogens with one attached hydrogen (secondary N) is 1. The van der Waals surface area contributed by atoms with Gasteiger partial charge in [0.05, 0.1) is 0 Å². The van der Waals surface area contributed by atoms with E-state index < -0.39 is 0 Å². The predicted molar refractivity (Wildman–Crippen MR) is 87.3 cm³/mol. The molecule has 2 N–H and O–H groups in total. The molecular weight excluding hydrogens is 258 g/mol. The van der Waals surface area contributed by atoms with Gasteiger partial charge in [-0.15, -0.1) is 0 Å². The van der Waals surface area contributed by atoms with E-state index in [2.05, 4.69) is 29.6 Å². The maximum atomic E-state index is 9.57. The van der Waals surface area contributed by atoms with Gasteiger partial charge in [0.2, 0.25) is 0 Å². The van der Waals surface area contributed by atoms with Gasteiger partial charge in [0.15, 0.2) is 0 Å². The summed E-state index contributed by atoms with van der Waals surface area (Å²) in [6.45, 7) is 1.44. The summed E-state index contributed by atoms with van der Waals surface area (Å²) in [5.41, 5.74) is 3.06. The average molecular weight is 287 g/mol. The molecule has 0 amide bonds. The lowest BCUT2D eigenvalue weighted by Crippen LogP contribution is -2.34. The molecule has 0 aromatic heterocycles. The Morgan fingerprint density at radius 3 is 2.57 bits per heavy atom. The zero-order valence-electron chi connectivity index (χ0n) is 13.1.